The fourth-order valence-corrected chi connectivity index (χ4v) is 1.89. The van der Waals surface area contributed by atoms with Gasteiger partial charge in [-0.2, -0.15) is 0 Å². The second-order valence-electron chi connectivity index (χ2n) is 3.84. The third-order valence-corrected chi connectivity index (χ3v) is 3.20. The van der Waals surface area contributed by atoms with Crippen LogP contribution >= 0.6 is 11.8 Å². The molecule has 106 valence electrons. The summed E-state index contributed by atoms with van der Waals surface area (Å²) in [5.74, 6) is -0.437. The highest BCUT2D eigenvalue weighted by Gasteiger charge is 1.93. The molecule has 0 aliphatic rings. The molecule has 1 aromatic carbocycles. The smallest absolute Gasteiger partial charge is 0.330 e. The zero-order valence-electron chi connectivity index (χ0n) is 11.5. The van der Waals surface area contributed by atoms with Crippen LogP contribution in [-0.4, -0.2) is 19.2 Å². The second kappa shape index (κ2) is 9.92. The van der Waals surface area contributed by atoms with Crippen molar-refractivity contribution in [1.29, 1.82) is 0 Å². The Morgan fingerprint density at radius 1 is 1.30 bits per heavy atom. The zero-order valence-corrected chi connectivity index (χ0v) is 12.3. The molecule has 0 spiro atoms. The lowest BCUT2D eigenvalue weighted by Crippen LogP contribution is -2.06. The van der Waals surface area contributed by atoms with Gasteiger partial charge in [0.05, 0.1) is 6.26 Å². The number of ether oxygens (including phenoxy) is 2. The van der Waals surface area contributed by atoms with E-state index in [1.165, 1.54) is 4.90 Å². The number of carbonyl (C=O) groups is 1. The molecule has 0 N–H and O–H groups in total. The molecule has 0 bridgehead atoms. The van der Waals surface area contributed by atoms with Gasteiger partial charge in [0, 0.05) is 11.0 Å². The Hall–Kier alpha value is -1.94. The van der Waals surface area contributed by atoms with Crippen molar-refractivity contribution in [2.24, 2.45) is 0 Å². The number of carbonyl (C=O) groups excluding carboxylic acids is 1. The fraction of sp³-hybridized carbons (Fsp3) is 0.188. The van der Waals surface area contributed by atoms with E-state index in [2.05, 4.69) is 18.7 Å². The van der Waals surface area contributed by atoms with Crippen LogP contribution in [0, 0.1) is 0 Å². The van der Waals surface area contributed by atoms with Gasteiger partial charge in [0.25, 0.3) is 0 Å². The monoisotopic (exact) mass is 290 g/mol. The summed E-state index contributed by atoms with van der Waals surface area (Å²) in [7, 11) is 0. The number of benzene rings is 1. The van der Waals surface area contributed by atoms with Gasteiger partial charge in [-0.05, 0) is 36.1 Å². The van der Waals surface area contributed by atoms with Crippen molar-refractivity contribution in [2.75, 3.05) is 13.2 Å². The summed E-state index contributed by atoms with van der Waals surface area (Å²) in [6, 6.07) is 10.1. The van der Waals surface area contributed by atoms with E-state index in [-0.39, 0.29) is 6.61 Å². The lowest BCUT2D eigenvalue weighted by atomic mass is 10.3. The van der Waals surface area contributed by atoms with Gasteiger partial charge < -0.3 is 9.47 Å². The molecule has 4 heteroatoms. The maximum atomic E-state index is 10.7. The third-order valence-electron chi connectivity index (χ3n) is 2.16. The molecule has 3 nitrogen and oxygen atoms in total. The van der Waals surface area contributed by atoms with Gasteiger partial charge in [0.15, 0.2) is 0 Å². The van der Waals surface area contributed by atoms with E-state index in [9.17, 15) is 4.79 Å². The van der Waals surface area contributed by atoms with Crippen LogP contribution in [0.25, 0.3) is 0 Å². The van der Waals surface area contributed by atoms with Crippen LogP contribution in [0.2, 0.25) is 0 Å². The maximum absolute atomic E-state index is 10.7. The normalized spacial score (nSPS) is 11.3. The summed E-state index contributed by atoms with van der Waals surface area (Å²) in [5, 5.41) is 2.05. The molecule has 0 atom stereocenters. The molecule has 0 amide bonds. The summed E-state index contributed by atoms with van der Waals surface area (Å²) >= 11 is 1.65. The summed E-state index contributed by atoms with van der Waals surface area (Å²) in [6.07, 6.45) is 4.59. The number of thioether (sulfide) groups is 1. The van der Waals surface area contributed by atoms with Crippen molar-refractivity contribution in [2.45, 2.75) is 11.8 Å². The number of hydrogen-bond donors (Lipinski definition) is 0. The number of hydrogen-bond acceptors (Lipinski definition) is 4. The van der Waals surface area contributed by atoms with E-state index in [0.717, 1.165) is 11.6 Å². The van der Waals surface area contributed by atoms with Gasteiger partial charge in [-0.15, -0.1) is 0 Å². The van der Waals surface area contributed by atoms with Gasteiger partial charge in [-0.25, -0.2) is 4.79 Å². The van der Waals surface area contributed by atoms with Gasteiger partial charge in [0.2, 0.25) is 0 Å². The first-order valence-corrected chi connectivity index (χ1v) is 7.06. The molecule has 0 fully saturated rings. The highest BCUT2D eigenvalue weighted by molar-refractivity contribution is 8.02. The molecule has 0 radical (unpaired) electrons. The van der Waals surface area contributed by atoms with E-state index >= 15 is 0 Å². The Kier molecular flexibility index (Phi) is 7.99. The Morgan fingerprint density at radius 3 is 2.75 bits per heavy atom. The van der Waals surface area contributed by atoms with Crippen molar-refractivity contribution in [1.82, 2.24) is 0 Å². The first-order valence-electron chi connectivity index (χ1n) is 6.18. The van der Waals surface area contributed by atoms with Crippen LogP contribution in [0.3, 0.4) is 0 Å². The summed E-state index contributed by atoms with van der Waals surface area (Å²) in [4.78, 5) is 11.9. The Bertz CT molecular complexity index is 478. The molecule has 0 aromatic heterocycles. The van der Waals surface area contributed by atoms with Crippen LogP contribution in [0.4, 0.5) is 0 Å². The molecule has 0 saturated heterocycles. The van der Waals surface area contributed by atoms with E-state index < -0.39 is 5.97 Å². The summed E-state index contributed by atoms with van der Waals surface area (Å²) in [6.45, 7) is 5.85. The largest absolute Gasteiger partial charge is 0.498 e. The van der Waals surface area contributed by atoms with Crippen LogP contribution < -0.4 is 0 Å². The maximum Gasteiger partial charge on any atom is 0.330 e. The van der Waals surface area contributed by atoms with Crippen LogP contribution in [0.15, 0.2) is 71.2 Å². The van der Waals surface area contributed by atoms with Gasteiger partial charge >= 0.3 is 5.97 Å². The molecule has 0 aliphatic heterocycles. The quantitative estimate of drug-likeness (QED) is 0.181. The zero-order chi connectivity index (χ0) is 14.6. The van der Waals surface area contributed by atoms with E-state index in [1.807, 2.05) is 36.6 Å². The molecule has 1 aromatic rings. The molecule has 0 heterocycles. The Morgan fingerprint density at radius 2 is 2.05 bits per heavy atom. The first kappa shape index (κ1) is 16.1. The Labute approximate surface area is 124 Å². The molecule has 1 rings (SSSR count). The van der Waals surface area contributed by atoms with Gasteiger partial charge in [-0.3, -0.25) is 0 Å². The van der Waals surface area contributed by atoms with Gasteiger partial charge in [0.1, 0.15) is 13.2 Å². The molecule has 20 heavy (non-hydrogen) atoms. The SMILES string of the molecule is C=CC(=O)OCCO/C=C/C(C)=C/Sc1ccccc1. The minimum atomic E-state index is -0.437. The van der Waals surface area contributed by atoms with E-state index in [4.69, 9.17) is 9.47 Å². The first-order chi connectivity index (χ1) is 9.72. The average Bonchev–Trinajstić information content (AvgIpc) is 2.49. The predicted octanol–water partition coefficient (Wildman–Crippen LogP) is 3.94. The van der Waals surface area contributed by atoms with Crippen molar-refractivity contribution in [3.05, 3.63) is 66.3 Å². The molecule has 0 unspecified atom stereocenters. The highest BCUT2D eigenvalue weighted by atomic mass is 32.2. The van der Waals surface area contributed by atoms with Crippen LogP contribution in [-0.2, 0) is 14.3 Å². The van der Waals surface area contributed by atoms with Crippen molar-refractivity contribution >= 4 is 17.7 Å². The lowest BCUT2D eigenvalue weighted by molar-refractivity contribution is -0.138. The predicted molar refractivity (Wildman–Crippen MR) is 82.3 cm³/mol. The minimum absolute atomic E-state index is 0.219. The van der Waals surface area contributed by atoms with Crippen molar-refractivity contribution < 1.29 is 14.3 Å². The Balaban J connectivity index is 2.21. The van der Waals surface area contributed by atoms with Crippen molar-refractivity contribution in [3.8, 4) is 0 Å². The summed E-state index contributed by atoms with van der Waals surface area (Å²) < 4.78 is 9.98. The molecule has 0 saturated carbocycles. The molecular formula is C16H18O3S. The third kappa shape index (κ3) is 7.48. The summed E-state index contributed by atoms with van der Waals surface area (Å²) in [5.41, 5.74) is 1.09. The fourth-order valence-electron chi connectivity index (χ4n) is 1.17. The van der Waals surface area contributed by atoms with E-state index in [0.29, 0.717) is 6.61 Å². The van der Waals surface area contributed by atoms with Crippen LogP contribution in [0.1, 0.15) is 6.92 Å². The van der Waals surface area contributed by atoms with Gasteiger partial charge in [-0.1, -0.05) is 36.5 Å². The van der Waals surface area contributed by atoms with Crippen molar-refractivity contribution in [3.63, 3.8) is 0 Å². The molecular weight excluding hydrogens is 272 g/mol. The van der Waals surface area contributed by atoms with E-state index in [1.54, 1.807) is 18.0 Å². The number of esters is 1. The average molecular weight is 290 g/mol. The topological polar surface area (TPSA) is 35.5 Å². The molecule has 0 aliphatic carbocycles. The number of rotatable bonds is 8. The minimum Gasteiger partial charge on any atom is -0.498 e. The lowest BCUT2D eigenvalue weighted by Gasteiger charge is -2.01. The van der Waals surface area contributed by atoms with Crippen LogP contribution in [0.5, 0.6) is 0 Å². The highest BCUT2D eigenvalue weighted by Crippen LogP contribution is 2.20. The standard InChI is InChI=1S/C16H18O3S/c1-3-16(17)19-12-11-18-10-9-14(2)13-20-15-7-5-4-6-8-15/h3-10,13H,1,11-12H2,2H3/b10-9+,14-13+. The second-order valence-corrected chi connectivity index (χ2v) is 4.78. The number of allylic oxidation sites excluding steroid dienone is 2.